The van der Waals surface area contributed by atoms with E-state index in [9.17, 15) is 4.79 Å². The summed E-state index contributed by atoms with van der Waals surface area (Å²) >= 11 is 8.15. The molecule has 1 saturated heterocycles. The summed E-state index contributed by atoms with van der Waals surface area (Å²) in [6, 6.07) is 6.80. The fourth-order valence-corrected chi connectivity index (χ4v) is 6.20. The SMILES string of the molecule is O=C(C[C@@H]1CSC(c2cc3cc(Cl)cc(NC4CCCC4)c3[nH]2)=N1)C1CCNCC1. The first-order valence-electron chi connectivity index (χ1n) is 11.2. The Morgan fingerprint density at radius 1 is 1.17 bits per heavy atom. The number of aromatic amines is 1. The summed E-state index contributed by atoms with van der Waals surface area (Å²) in [5.41, 5.74) is 3.21. The standard InChI is InChI=1S/C23H29ClN4OS/c24-16-9-15-10-20(28-22(15)19(11-16)26-17-3-1-2-4-17)23-27-18(13-30-23)12-21(29)14-5-7-25-8-6-14/h9-11,14,17-18,25-26,28H,1-8,12-13H2/t18-/m1/s1. The molecule has 1 atom stereocenters. The maximum atomic E-state index is 12.6. The molecule has 30 heavy (non-hydrogen) atoms. The summed E-state index contributed by atoms with van der Waals surface area (Å²) in [5.74, 6) is 1.49. The van der Waals surface area contributed by atoms with E-state index in [2.05, 4.69) is 21.7 Å². The van der Waals surface area contributed by atoms with Gasteiger partial charge in [0.15, 0.2) is 0 Å². The number of fused-ring (bicyclic) bond motifs is 1. The number of aliphatic imine (C=N–C) groups is 1. The highest BCUT2D eigenvalue weighted by Crippen LogP contribution is 2.34. The summed E-state index contributed by atoms with van der Waals surface area (Å²) in [5, 5.41) is 9.89. The Morgan fingerprint density at radius 3 is 2.77 bits per heavy atom. The molecule has 7 heteroatoms. The zero-order chi connectivity index (χ0) is 20.5. The molecule has 3 heterocycles. The van der Waals surface area contributed by atoms with Crippen LogP contribution in [0, 0.1) is 5.92 Å². The van der Waals surface area contributed by atoms with Crippen molar-refractivity contribution in [1.82, 2.24) is 10.3 Å². The first-order valence-corrected chi connectivity index (χ1v) is 12.6. The summed E-state index contributed by atoms with van der Waals surface area (Å²) in [4.78, 5) is 21.1. The van der Waals surface area contributed by atoms with Gasteiger partial charge in [0.05, 0.1) is 22.9 Å². The van der Waals surface area contributed by atoms with Gasteiger partial charge in [-0.25, -0.2) is 0 Å². The molecule has 2 aromatic rings. The number of hydrogen-bond acceptors (Lipinski definition) is 5. The van der Waals surface area contributed by atoms with Crippen molar-refractivity contribution in [2.24, 2.45) is 10.9 Å². The number of benzene rings is 1. The fourth-order valence-electron chi connectivity index (χ4n) is 4.94. The lowest BCUT2D eigenvalue weighted by molar-refractivity contribution is -0.123. The molecule has 3 aliphatic rings. The van der Waals surface area contributed by atoms with Crippen LogP contribution in [0.4, 0.5) is 5.69 Å². The van der Waals surface area contributed by atoms with Crippen LogP contribution in [0.15, 0.2) is 23.2 Å². The van der Waals surface area contributed by atoms with Crippen LogP contribution in [-0.4, -0.2) is 46.7 Å². The van der Waals surface area contributed by atoms with Gasteiger partial charge in [-0.1, -0.05) is 24.4 Å². The van der Waals surface area contributed by atoms with Gasteiger partial charge in [-0.15, -0.1) is 11.8 Å². The normalized spacial score (nSPS) is 23.2. The third-order valence-corrected chi connectivity index (χ3v) is 7.95. The van der Waals surface area contributed by atoms with Gasteiger partial charge in [0, 0.05) is 34.5 Å². The third kappa shape index (κ3) is 4.41. The van der Waals surface area contributed by atoms with Crippen molar-refractivity contribution in [2.75, 3.05) is 24.2 Å². The minimum absolute atomic E-state index is 0.0958. The molecule has 0 unspecified atom stereocenters. The van der Waals surface area contributed by atoms with E-state index < -0.39 is 0 Å². The molecule has 0 radical (unpaired) electrons. The molecule has 2 aliphatic heterocycles. The third-order valence-electron chi connectivity index (χ3n) is 6.58. The molecule has 3 N–H and O–H groups in total. The van der Waals surface area contributed by atoms with Gasteiger partial charge in [0.2, 0.25) is 0 Å². The molecule has 0 amide bonds. The van der Waals surface area contributed by atoms with E-state index in [1.54, 1.807) is 11.8 Å². The Labute approximate surface area is 186 Å². The number of thioether (sulfide) groups is 1. The van der Waals surface area contributed by atoms with Crippen molar-refractivity contribution in [3.05, 3.63) is 28.9 Å². The van der Waals surface area contributed by atoms with E-state index in [1.807, 2.05) is 12.1 Å². The largest absolute Gasteiger partial charge is 0.381 e. The molecule has 1 aromatic carbocycles. The van der Waals surface area contributed by atoms with Gasteiger partial charge in [0.25, 0.3) is 0 Å². The zero-order valence-corrected chi connectivity index (χ0v) is 18.7. The van der Waals surface area contributed by atoms with Gasteiger partial charge < -0.3 is 15.6 Å². The second-order valence-electron chi connectivity index (χ2n) is 8.82. The molecule has 1 aliphatic carbocycles. The van der Waals surface area contributed by atoms with E-state index in [0.29, 0.717) is 18.2 Å². The lowest BCUT2D eigenvalue weighted by atomic mass is 9.90. The van der Waals surface area contributed by atoms with Crippen LogP contribution in [0.2, 0.25) is 5.02 Å². The van der Waals surface area contributed by atoms with Crippen LogP contribution in [-0.2, 0) is 4.79 Å². The molecule has 1 aromatic heterocycles. The number of carbonyl (C=O) groups is 1. The number of H-pyrrole nitrogens is 1. The van der Waals surface area contributed by atoms with Crippen molar-refractivity contribution in [2.45, 2.75) is 57.0 Å². The lowest BCUT2D eigenvalue weighted by Gasteiger charge is -2.21. The molecule has 2 fully saturated rings. The van der Waals surface area contributed by atoms with Gasteiger partial charge in [0.1, 0.15) is 10.8 Å². The van der Waals surface area contributed by atoms with E-state index in [0.717, 1.165) is 64.0 Å². The summed E-state index contributed by atoms with van der Waals surface area (Å²) in [6.07, 6.45) is 7.53. The van der Waals surface area contributed by atoms with Crippen molar-refractivity contribution in [3.8, 4) is 0 Å². The Hall–Kier alpha value is -1.50. The Bertz CT molecular complexity index is 960. The minimum atomic E-state index is 0.0958. The predicted octanol–water partition coefficient (Wildman–Crippen LogP) is 5.00. The number of nitrogens with one attached hydrogen (secondary N) is 3. The number of ketones is 1. The quantitative estimate of drug-likeness (QED) is 0.586. The maximum Gasteiger partial charge on any atom is 0.138 e. The highest BCUT2D eigenvalue weighted by Gasteiger charge is 2.27. The summed E-state index contributed by atoms with van der Waals surface area (Å²) < 4.78 is 0. The van der Waals surface area contributed by atoms with E-state index in [1.165, 1.54) is 25.7 Å². The van der Waals surface area contributed by atoms with Crippen molar-refractivity contribution in [1.29, 1.82) is 0 Å². The zero-order valence-electron chi connectivity index (χ0n) is 17.2. The molecule has 0 spiro atoms. The van der Waals surface area contributed by atoms with Crippen molar-refractivity contribution < 1.29 is 4.79 Å². The number of hydrogen-bond donors (Lipinski definition) is 3. The van der Waals surface area contributed by atoms with Crippen LogP contribution in [0.3, 0.4) is 0 Å². The van der Waals surface area contributed by atoms with E-state index in [-0.39, 0.29) is 12.0 Å². The molecule has 0 bridgehead atoms. The van der Waals surface area contributed by atoms with Gasteiger partial charge >= 0.3 is 0 Å². The second kappa shape index (κ2) is 8.93. The maximum absolute atomic E-state index is 12.6. The van der Waals surface area contributed by atoms with Gasteiger partial charge in [-0.3, -0.25) is 9.79 Å². The number of piperidine rings is 1. The number of nitrogens with zero attached hydrogens (tertiary/aromatic N) is 1. The average molecular weight is 445 g/mol. The smallest absolute Gasteiger partial charge is 0.138 e. The number of anilines is 1. The first kappa shape index (κ1) is 20.4. The van der Waals surface area contributed by atoms with Crippen LogP contribution < -0.4 is 10.6 Å². The number of carbonyl (C=O) groups excluding carboxylic acids is 1. The average Bonchev–Trinajstić information content (AvgIpc) is 3.49. The summed E-state index contributed by atoms with van der Waals surface area (Å²) in [6.45, 7) is 1.92. The van der Waals surface area contributed by atoms with Gasteiger partial charge in [-0.2, -0.15) is 0 Å². The number of rotatable bonds is 6. The van der Waals surface area contributed by atoms with Crippen LogP contribution in [0.25, 0.3) is 10.9 Å². The van der Waals surface area contributed by atoms with Gasteiger partial charge in [-0.05, 0) is 57.0 Å². The highest BCUT2D eigenvalue weighted by atomic mass is 35.5. The van der Waals surface area contributed by atoms with Crippen LogP contribution in [0.1, 0.15) is 50.6 Å². The highest BCUT2D eigenvalue weighted by molar-refractivity contribution is 8.14. The predicted molar refractivity (Wildman–Crippen MR) is 127 cm³/mol. The van der Waals surface area contributed by atoms with Crippen molar-refractivity contribution >= 4 is 50.8 Å². The molecular formula is C23H29ClN4OS. The fraction of sp³-hybridized carbons (Fsp3) is 0.565. The molecule has 5 nitrogen and oxygen atoms in total. The second-order valence-corrected chi connectivity index (χ2v) is 10.3. The molecule has 1 saturated carbocycles. The Morgan fingerprint density at radius 2 is 1.97 bits per heavy atom. The number of halogens is 1. The topological polar surface area (TPSA) is 69.3 Å². The number of Topliss-reactive ketones (excluding diaryl/α,β-unsaturated/α-hetero) is 1. The van der Waals surface area contributed by atoms with Crippen LogP contribution >= 0.6 is 23.4 Å². The number of aromatic nitrogens is 1. The molecule has 5 rings (SSSR count). The lowest BCUT2D eigenvalue weighted by Crippen LogP contribution is -2.33. The molecule has 160 valence electrons. The minimum Gasteiger partial charge on any atom is -0.381 e. The Kier molecular flexibility index (Phi) is 6.07. The monoisotopic (exact) mass is 444 g/mol. The first-order chi connectivity index (χ1) is 14.7. The summed E-state index contributed by atoms with van der Waals surface area (Å²) in [7, 11) is 0. The van der Waals surface area contributed by atoms with Crippen LogP contribution in [0.5, 0.6) is 0 Å². The van der Waals surface area contributed by atoms with E-state index >= 15 is 0 Å². The molecular weight excluding hydrogens is 416 g/mol. The Balaban J connectivity index is 1.33. The van der Waals surface area contributed by atoms with E-state index in [4.69, 9.17) is 16.6 Å². The van der Waals surface area contributed by atoms with Crippen molar-refractivity contribution in [3.63, 3.8) is 0 Å².